The number of carbonyl (C=O) groups is 1. The van der Waals surface area contributed by atoms with Crippen LogP contribution in [0.5, 0.6) is 0 Å². The SMILES string of the molecule is C[C@@H](NCC1(O)CCC(C(=O)O)CC1)c1ccc(F)cc1. The molecule has 1 atom stereocenters. The third-order valence-electron chi connectivity index (χ3n) is 4.37. The molecule has 116 valence electrons. The number of aliphatic carboxylic acids is 1. The molecule has 0 heterocycles. The second-order valence-corrected chi connectivity index (χ2v) is 5.99. The van der Waals surface area contributed by atoms with Crippen molar-refractivity contribution in [2.45, 2.75) is 44.2 Å². The Labute approximate surface area is 124 Å². The second-order valence-electron chi connectivity index (χ2n) is 5.99. The first-order chi connectivity index (χ1) is 9.89. The molecule has 0 unspecified atom stereocenters. The smallest absolute Gasteiger partial charge is 0.306 e. The Hall–Kier alpha value is -1.46. The molecule has 0 amide bonds. The molecule has 1 aliphatic rings. The van der Waals surface area contributed by atoms with Gasteiger partial charge in [-0.2, -0.15) is 0 Å². The highest BCUT2D eigenvalue weighted by molar-refractivity contribution is 5.70. The van der Waals surface area contributed by atoms with Crippen LogP contribution in [0.15, 0.2) is 24.3 Å². The molecule has 2 rings (SSSR count). The third kappa shape index (κ3) is 4.25. The van der Waals surface area contributed by atoms with Gasteiger partial charge in [0.15, 0.2) is 0 Å². The minimum Gasteiger partial charge on any atom is -0.481 e. The van der Waals surface area contributed by atoms with Crippen LogP contribution in [-0.4, -0.2) is 28.3 Å². The fourth-order valence-corrected chi connectivity index (χ4v) is 2.79. The van der Waals surface area contributed by atoms with Gasteiger partial charge in [-0.1, -0.05) is 12.1 Å². The number of hydrogen-bond acceptors (Lipinski definition) is 3. The van der Waals surface area contributed by atoms with Crippen LogP contribution in [0.1, 0.15) is 44.2 Å². The van der Waals surface area contributed by atoms with E-state index in [4.69, 9.17) is 5.11 Å². The molecule has 0 bridgehead atoms. The fraction of sp³-hybridized carbons (Fsp3) is 0.562. The number of hydrogen-bond donors (Lipinski definition) is 3. The Morgan fingerprint density at radius 2 is 1.95 bits per heavy atom. The molecule has 1 aromatic carbocycles. The quantitative estimate of drug-likeness (QED) is 0.780. The molecular weight excluding hydrogens is 273 g/mol. The van der Waals surface area contributed by atoms with Crippen LogP contribution in [0.4, 0.5) is 4.39 Å². The van der Waals surface area contributed by atoms with Crippen molar-refractivity contribution in [3.63, 3.8) is 0 Å². The minimum atomic E-state index is -0.847. The van der Waals surface area contributed by atoms with Crippen LogP contribution < -0.4 is 5.32 Å². The largest absolute Gasteiger partial charge is 0.481 e. The van der Waals surface area contributed by atoms with Gasteiger partial charge >= 0.3 is 5.97 Å². The number of carboxylic acid groups (broad SMARTS) is 1. The third-order valence-corrected chi connectivity index (χ3v) is 4.37. The van der Waals surface area contributed by atoms with Gasteiger partial charge < -0.3 is 15.5 Å². The Balaban J connectivity index is 1.85. The summed E-state index contributed by atoms with van der Waals surface area (Å²) in [6.45, 7) is 2.37. The van der Waals surface area contributed by atoms with E-state index in [-0.39, 0.29) is 17.8 Å². The minimum absolute atomic E-state index is 0.00632. The Morgan fingerprint density at radius 3 is 2.48 bits per heavy atom. The number of nitrogens with one attached hydrogen (secondary N) is 1. The summed E-state index contributed by atoms with van der Waals surface area (Å²) in [5.74, 6) is -1.37. The van der Waals surface area contributed by atoms with Gasteiger partial charge in [-0.25, -0.2) is 4.39 Å². The highest BCUT2D eigenvalue weighted by atomic mass is 19.1. The number of carboxylic acids is 1. The standard InChI is InChI=1S/C16H22FNO3/c1-11(12-2-4-14(17)5-3-12)18-10-16(21)8-6-13(7-9-16)15(19)20/h2-5,11,13,18,21H,6-10H2,1H3,(H,19,20)/t11-,13?,16?/m1/s1. The van der Waals surface area contributed by atoms with Gasteiger partial charge in [0, 0.05) is 12.6 Å². The lowest BCUT2D eigenvalue weighted by atomic mass is 9.78. The molecule has 1 saturated carbocycles. The fourth-order valence-electron chi connectivity index (χ4n) is 2.79. The zero-order chi connectivity index (χ0) is 15.5. The van der Waals surface area contributed by atoms with Crippen molar-refractivity contribution >= 4 is 5.97 Å². The molecule has 0 aromatic heterocycles. The van der Waals surface area contributed by atoms with E-state index in [0.29, 0.717) is 32.2 Å². The Bertz CT molecular complexity index is 481. The molecule has 0 radical (unpaired) electrons. The van der Waals surface area contributed by atoms with E-state index in [1.54, 1.807) is 12.1 Å². The van der Waals surface area contributed by atoms with Crippen molar-refractivity contribution in [2.24, 2.45) is 5.92 Å². The maximum atomic E-state index is 12.9. The molecule has 1 aliphatic carbocycles. The van der Waals surface area contributed by atoms with Crippen LogP contribution in [0, 0.1) is 11.7 Å². The van der Waals surface area contributed by atoms with E-state index in [1.165, 1.54) is 12.1 Å². The van der Waals surface area contributed by atoms with E-state index in [9.17, 15) is 14.3 Å². The van der Waals surface area contributed by atoms with Gasteiger partial charge in [0.25, 0.3) is 0 Å². The summed E-state index contributed by atoms with van der Waals surface area (Å²) in [5, 5.41) is 22.7. The average molecular weight is 295 g/mol. The van der Waals surface area contributed by atoms with Crippen molar-refractivity contribution in [3.05, 3.63) is 35.6 Å². The molecule has 3 N–H and O–H groups in total. The van der Waals surface area contributed by atoms with Gasteiger partial charge in [0.05, 0.1) is 11.5 Å². The van der Waals surface area contributed by atoms with Crippen molar-refractivity contribution in [2.75, 3.05) is 6.54 Å². The summed E-state index contributed by atoms with van der Waals surface area (Å²) >= 11 is 0. The zero-order valence-corrected chi connectivity index (χ0v) is 12.2. The van der Waals surface area contributed by atoms with Gasteiger partial charge in [0.2, 0.25) is 0 Å². The predicted octanol–water partition coefficient (Wildman–Crippen LogP) is 2.48. The first-order valence-electron chi connectivity index (χ1n) is 7.34. The molecule has 1 fully saturated rings. The zero-order valence-electron chi connectivity index (χ0n) is 12.2. The van der Waals surface area contributed by atoms with Crippen molar-refractivity contribution in [1.82, 2.24) is 5.32 Å². The molecule has 0 spiro atoms. The maximum Gasteiger partial charge on any atom is 0.306 e. The van der Waals surface area contributed by atoms with Crippen molar-refractivity contribution < 1.29 is 19.4 Å². The van der Waals surface area contributed by atoms with E-state index in [1.807, 2.05) is 6.92 Å². The van der Waals surface area contributed by atoms with Crippen molar-refractivity contribution in [1.29, 1.82) is 0 Å². The molecule has 1 aromatic rings. The predicted molar refractivity (Wildman–Crippen MR) is 77.4 cm³/mol. The topological polar surface area (TPSA) is 69.6 Å². The summed E-state index contributed by atoms with van der Waals surface area (Å²) in [4.78, 5) is 10.9. The first-order valence-corrected chi connectivity index (χ1v) is 7.34. The lowest BCUT2D eigenvalue weighted by Crippen LogP contribution is -2.45. The highest BCUT2D eigenvalue weighted by Gasteiger charge is 2.35. The van der Waals surface area contributed by atoms with Gasteiger partial charge in [-0.05, 0) is 50.3 Å². The van der Waals surface area contributed by atoms with Crippen molar-refractivity contribution in [3.8, 4) is 0 Å². The van der Waals surface area contributed by atoms with Crippen LogP contribution in [-0.2, 0) is 4.79 Å². The second kappa shape index (κ2) is 6.54. The summed E-state index contributed by atoms with van der Waals surface area (Å²) in [6, 6.07) is 6.28. The molecule has 5 heteroatoms. The lowest BCUT2D eigenvalue weighted by molar-refractivity contribution is -0.144. The van der Waals surface area contributed by atoms with Gasteiger partial charge in [-0.15, -0.1) is 0 Å². The van der Waals surface area contributed by atoms with Gasteiger partial charge in [-0.3, -0.25) is 4.79 Å². The van der Waals surface area contributed by atoms with Crippen LogP contribution in [0.25, 0.3) is 0 Å². The van der Waals surface area contributed by atoms with Gasteiger partial charge in [0.1, 0.15) is 5.82 Å². The monoisotopic (exact) mass is 295 g/mol. The Kier molecular flexibility index (Phi) is 4.96. The number of aliphatic hydroxyl groups is 1. The normalized spacial score (nSPS) is 27.3. The molecule has 0 aliphatic heterocycles. The first kappa shape index (κ1) is 15.9. The molecule has 4 nitrogen and oxygen atoms in total. The average Bonchev–Trinajstić information content (AvgIpc) is 2.46. The Morgan fingerprint density at radius 1 is 1.38 bits per heavy atom. The lowest BCUT2D eigenvalue weighted by Gasteiger charge is -2.35. The van der Waals surface area contributed by atoms with Crippen LogP contribution >= 0.6 is 0 Å². The summed E-state index contributed by atoms with van der Waals surface area (Å²) in [7, 11) is 0. The van der Waals surface area contributed by atoms with Crippen LogP contribution in [0.2, 0.25) is 0 Å². The molecule has 21 heavy (non-hydrogen) atoms. The molecular formula is C16H22FNO3. The van der Waals surface area contributed by atoms with E-state index < -0.39 is 11.6 Å². The summed E-state index contributed by atoms with van der Waals surface area (Å²) in [6.07, 6.45) is 2.01. The number of halogens is 1. The highest BCUT2D eigenvalue weighted by Crippen LogP contribution is 2.32. The van der Waals surface area contributed by atoms with E-state index in [0.717, 1.165) is 5.56 Å². The molecule has 0 saturated heterocycles. The maximum absolute atomic E-state index is 12.9. The summed E-state index contributed by atoms with van der Waals surface area (Å²) in [5.41, 5.74) is 0.111. The van der Waals surface area contributed by atoms with E-state index in [2.05, 4.69) is 5.32 Å². The van der Waals surface area contributed by atoms with E-state index >= 15 is 0 Å². The number of benzene rings is 1. The van der Waals surface area contributed by atoms with Crippen LogP contribution in [0.3, 0.4) is 0 Å². The number of rotatable bonds is 5. The summed E-state index contributed by atoms with van der Waals surface area (Å²) < 4.78 is 12.9.